The number of aliphatic hydroxyl groups excluding tert-OH is 1. The van der Waals surface area contributed by atoms with Gasteiger partial charge in [0.1, 0.15) is 5.60 Å². The Morgan fingerprint density at radius 3 is 2.47 bits per heavy atom. The summed E-state index contributed by atoms with van der Waals surface area (Å²) in [7, 11) is 0. The lowest BCUT2D eigenvalue weighted by Crippen LogP contribution is -2.47. The highest BCUT2D eigenvalue weighted by Gasteiger charge is 2.30. The van der Waals surface area contributed by atoms with Crippen LogP contribution in [0, 0.1) is 5.92 Å². The fourth-order valence-corrected chi connectivity index (χ4v) is 2.38. The van der Waals surface area contributed by atoms with Crippen molar-refractivity contribution in [3.63, 3.8) is 0 Å². The highest BCUT2D eigenvalue weighted by molar-refractivity contribution is 5.68. The second kappa shape index (κ2) is 5.71. The number of amides is 1. The van der Waals surface area contributed by atoms with Crippen LogP contribution in [0.3, 0.4) is 0 Å². The molecule has 4 heteroatoms. The van der Waals surface area contributed by atoms with Gasteiger partial charge in [-0.15, -0.1) is 0 Å². The molecule has 1 amide bonds. The number of carbonyl (C=O) groups excluding carboxylic acids is 1. The fraction of sp³-hybridized carbons (Fsp3) is 0.923. The first-order valence-electron chi connectivity index (χ1n) is 6.47. The number of ether oxygens (including phenoxy) is 1. The zero-order valence-electron chi connectivity index (χ0n) is 11.3. The van der Waals surface area contributed by atoms with Crippen LogP contribution in [0.25, 0.3) is 0 Å². The highest BCUT2D eigenvalue weighted by Crippen LogP contribution is 2.27. The maximum absolute atomic E-state index is 11.7. The maximum atomic E-state index is 11.7. The van der Waals surface area contributed by atoms with E-state index in [9.17, 15) is 9.90 Å². The Kier molecular flexibility index (Phi) is 4.80. The predicted molar refractivity (Wildman–Crippen MR) is 66.8 cm³/mol. The van der Waals surface area contributed by atoms with E-state index in [2.05, 4.69) is 5.32 Å². The van der Waals surface area contributed by atoms with Gasteiger partial charge in [0, 0.05) is 12.0 Å². The molecule has 1 rings (SSSR count). The van der Waals surface area contributed by atoms with Crippen molar-refractivity contribution in [2.75, 3.05) is 0 Å². The molecule has 0 bridgehead atoms. The van der Waals surface area contributed by atoms with Crippen molar-refractivity contribution in [2.45, 2.75) is 71.1 Å². The molecule has 3 atom stereocenters. The number of nitrogens with one attached hydrogen (secondary N) is 1. The summed E-state index contributed by atoms with van der Waals surface area (Å²) in [5.41, 5.74) is -0.473. The van der Waals surface area contributed by atoms with Gasteiger partial charge in [-0.05, 0) is 40.5 Å². The van der Waals surface area contributed by atoms with Crippen LogP contribution in [-0.4, -0.2) is 28.9 Å². The summed E-state index contributed by atoms with van der Waals surface area (Å²) in [6.45, 7) is 7.33. The van der Waals surface area contributed by atoms with Gasteiger partial charge in [0.05, 0.1) is 6.10 Å². The Labute approximate surface area is 104 Å². The third-order valence-electron chi connectivity index (χ3n) is 3.14. The van der Waals surface area contributed by atoms with E-state index in [-0.39, 0.29) is 24.2 Å². The zero-order chi connectivity index (χ0) is 13.1. The van der Waals surface area contributed by atoms with E-state index in [1.54, 1.807) is 6.92 Å². The van der Waals surface area contributed by atoms with E-state index in [1.165, 1.54) is 0 Å². The van der Waals surface area contributed by atoms with Gasteiger partial charge in [0.15, 0.2) is 0 Å². The van der Waals surface area contributed by atoms with Gasteiger partial charge in [-0.1, -0.05) is 12.8 Å². The van der Waals surface area contributed by atoms with Crippen molar-refractivity contribution in [1.29, 1.82) is 0 Å². The number of hydrogen-bond acceptors (Lipinski definition) is 3. The van der Waals surface area contributed by atoms with Crippen LogP contribution in [0.5, 0.6) is 0 Å². The van der Waals surface area contributed by atoms with E-state index in [4.69, 9.17) is 4.74 Å². The minimum absolute atomic E-state index is 0.0404. The standard InChI is InChI=1S/C13H25NO3/c1-9(15)10-7-5-6-8-11(10)14-12(16)17-13(2,3)4/h9-11,15H,5-8H2,1-4H3,(H,14,16)/t9?,10?,11-/m0/s1. The van der Waals surface area contributed by atoms with Crippen molar-refractivity contribution in [1.82, 2.24) is 5.32 Å². The average Bonchev–Trinajstić information content (AvgIpc) is 2.14. The van der Waals surface area contributed by atoms with Gasteiger partial charge < -0.3 is 15.2 Å². The molecular weight excluding hydrogens is 218 g/mol. The van der Waals surface area contributed by atoms with Crippen LogP contribution in [-0.2, 0) is 4.74 Å². The SMILES string of the molecule is CC(O)C1CCCC[C@@H]1NC(=O)OC(C)(C)C. The fourth-order valence-electron chi connectivity index (χ4n) is 2.38. The molecule has 4 nitrogen and oxygen atoms in total. The molecule has 0 aromatic carbocycles. The molecule has 0 aromatic rings. The zero-order valence-corrected chi connectivity index (χ0v) is 11.3. The lowest BCUT2D eigenvalue weighted by molar-refractivity contribution is 0.0368. The van der Waals surface area contributed by atoms with Gasteiger partial charge in [-0.3, -0.25) is 0 Å². The summed E-state index contributed by atoms with van der Waals surface area (Å²) < 4.78 is 5.24. The van der Waals surface area contributed by atoms with Crippen LogP contribution in [0.4, 0.5) is 4.79 Å². The molecule has 0 heterocycles. The van der Waals surface area contributed by atoms with Crippen molar-refractivity contribution in [2.24, 2.45) is 5.92 Å². The van der Waals surface area contributed by atoms with Crippen LogP contribution in [0.15, 0.2) is 0 Å². The molecule has 1 aliphatic rings. The number of alkyl carbamates (subject to hydrolysis) is 1. The Morgan fingerprint density at radius 2 is 1.94 bits per heavy atom. The topological polar surface area (TPSA) is 58.6 Å². The van der Waals surface area contributed by atoms with E-state index in [0.29, 0.717) is 0 Å². The van der Waals surface area contributed by atoms with Gasteiger partial charge in [0.2, 0.25) is 0 Å². The first kappa shape index (κ1) is 14.3. The summed E-state index contributed by atoms with van der Waals surface area (Å²) in [6.07, 6.45) is 3.36. The summed E-state index contributed by atoms with van der Waals surface area (Å²) in [6, 6.07) is 0.0404. The molecule has 2 unspecified atom stereocenters. The van der Waals surface area contributed by atoms with Gasteiger partial charge in [0.25, 0.3) is 0 Å². The minimum Gasteiger partial charge on any atom is -0.444 e. The molecule has 0 spiro atoms. The van der Waals surface area contributed by atoms with Crippen molar-refractivity contribution in [3.8, 4) is 0 Å². The number of aliphatic hydroxyl groups is 1. The molecule has 0 aliphatic heterocycles. The Morgan fingerprint density at radius 1 is 1.35 bits per heavy atom. The minimum atomic E-state index is -0.473. The molecule has 2 N–H and O–H groups in total. The van der Waals surface area contributed by atoms with Crippen LogP contribution in [0.2, 0.25) is 0 Å². The lowest BCUT2D eigenvalue weighted by atomic mass is 9.81. The van der Waals surface area contributed by atoms with Gasteiger partial charge in [-0.25, -0.2) is 4.79 Å². The lowest BCUT2D eigenvalue weighted by Gasteiger charge is -2.34. The summed E-state index contributed by atoms with van der Waals surface area (Å²) in [5.74, 6) is 0.149. The molecule has 0 saturated heterocycles. The van der Waals surface area contributed by atoms with E-state index >= 15 is 0 Å². The molecular formula is C13H25NO3. The van der Waals surface area contributed by atoms with Gasteiger partial charge >= 0.3 is 6.09 Å². The number of carbonyl (C=O) groups is 1. The summed E-state index contributed by atoms with van der Waals surface area (Å²) >= 11 is 0. The second-order valence-corrected chi connectivity index (χ2v) is 5.94. The first-order chi connectivity index (χ1) is 7.79. The molecule has 0 aromatic heterocycles. The Hall–Kier alpha value is -0.770. The maximum Gasteiger partial charge on any atom is 0.407 e. The van der Waals surface area contributed by atoms with Gasteiger partial charge in [-0.2, -0.15) is 0 Å². The molecule has 0 radical (unpaired) electrons. The summed E-state index contributed by atoms with van der Waals surface area (Å²) in [5, 5.41) is 12.6. The first-order valence-corrected chi connectivity index (χ1v) is 6.47. The quantitative estimate of drug-likeness (QED) is 0.783. The van der Waals surface area contributed by atoms with E-state index < -0.39 is 5.60 Å². The van der Waals surface area contributed by atoms with E-state index in [1.807, 2.05) is 20.8 Å². The Balaban J connectivity index is 2.50. The van der Waals surface area contributed by atoms with Crippen LogP contribution >= 0.6 is 0 Å². The molecule has 17 heavy (non-hydrogen) atoms. The molecule has 1 saturated carbocycles. The predicted octanol–water partition coefficient (Wildman–Crippen LogP) is 2.45. The average molecular weight is 243 g/mol. The van der Waals surface area contributed by atoms with Crippen molar-refractivity contribution in [3.05, 3.63) is 0 Å². The van der Waals surface area contributed by atoms with Crippen molar-refractivity contribution < 1.29 is 14.6 Å². The van der Waals surface area contributed by atoms with E-state index in [0.717, 1.165) is 25.7 Å². The smallest absolute Gasteiger partial charge is 0.407 e. The van der Waals surface area contributed by atoms with Crippen LogP contribution in [0.1, 0.15) is 53.4 Å². The third kappa shape index (κ3) is 4.94. The number of rotatable bonds is 2. The highest BCUT2D eigenvalue weighted by atomic mass is 16.6. The molecule has 100 valence electrons. The second-order valence-electron chi connectivity index (χ2n) is 5.94. The Bertz CT molecular complexity index is 258. The normalized spacial score (nSPS) is 27.4. The molecule has 1 fully saturated rings. The van der Waals surface area contributed by atoms with Crippen LogP contribution < -0.4 is 5.32 Å². The monoisotopic (exact) mass is 243 g/mol. The molecule has 1 aliphatic carbocycles. The van der Waals surface area contributed by atoms with Crippen molar-refractivity contribution >= 4 is 6.09 Å². The summed E-state index contributed by atoms with van der Waals surface area (Å²) in [4.78, 5) is 11.7. The number of hydrogen-bond donors (Lipinski definition) is 2. The largest absolute Gasteiger partial charge is 0.444 e. The third-order valence-corrected chi connectivity index (χ3v) is 3.14.